The summed E-state index contributed by atoms with van der Waals surface area (Å²) in [6, 6.07) is 7.50. The van der Waals surface area contributed by atoms with E-state index in [-0.39, 0.29) is 12.1 Å². The van der Waals surface area contributed by atoms with E-state index in [1.54, 1.807) is 17.5 Å². The highest BCUT2D eigenvalue weighted by molar-refractivity contribution is 7.13. The first kappa shape index (κ1) is 16.7. The summed E-state index contributed by atoms with van der Waals surface area (Å²) in [4.78, 5) is 14.4. The number of methoxy groups -OCH3 is 1. The normalized spacial score (nSPS) is 16.8. The number of aromatic nitrogens is 2. The Balaban J connectivity index is 1.71. The molecule has 2 aromatic rings. The molecule has 1 saturated heterocycles. The lowest BCUT2D eigenvalue weighted by Crippen LogP contribution is -2.39. The quantitative estimate of drug-likeness (QED) is 0.869. The fourth-order valence-electron chi connectivity index (χ4n) is 2.64. The third-order valence-electron chi connectivity index (χ3n) is 3.82. The molecule has 3 rings (SSSR count). The van der Waals surface area contributed by atoms with Crippen molar-refractivity contribution in [2.75, 3.05) is 25.6 Å². The van der Waals surface area contributed by atoms with Crippen molar-refractivity contribution in [2.24, 2.45) is 0 Å². The Hall–Kier alpha value is -2.19. The van der Waals surface area contributed by atoms with Gasteiger partial charge in [-0.2, -0.15) is 0 Å². The second-order valence-corrected chi connectivity index (χ2v) is 6.37. The Morgan fingerprint density at radius 1 is 1.54 bits per heavy atom. The molecule has 2 amide bonds. The van der Waals surface area contributed by atoms with Crippen LogP contribution in [0.2, 0.25) is 0 Å². The minimum Gasteiger partial charge on any atom is -0.497 e. The van der Waals surface area contributed by atoms with Crippen molar-refractivity contribution in [3.63, 3.8) is 0 Å². The lowest BCUT2D eigenvalue weighted by atomic mass is 10.2. The number of hydrogen-bond acceptors (Lipinski definition) is 6. The lowest BCUT2D eigenvalue weighted by molar-refractivity contribution is 0.0819. The Kier molecular flexibility index (Phi) is 5.60. The van der Waals surface area contributed by atoms with Gasteiger partial charge in [-0.05, 0) is 30.5 Å². The number of urea groups is 1. The van der Waals surface area contributed by atoms with Crippen LogP contribution in [0.1, 0.15) is 18.4 Å². The van der Waals surface area contributed by atoms with Gasteiger partial charge in [0, 0.05) is 19.7 Å². The maximum Gasteiger partial charge on any atom is 0.324 e. The highest BCUT2D eigenvalue weighted by Crippen LogP contribution is 2.19. The van der Waals surface area contributed by atoms with E-state index in [2.05, 4.69) is 15.5 Å². The lowest BCUT2D eigenvalue weighted by Gasteiger charge is -2.25. The van der Waals surface area contributed by atoms with E-state index in [9.17, 15) is 4.79 Å². The van der Waals surface area contributed by atoms with Crippen molar-refractivity contribution in [1.29, 1.82) is 0 Å². The number of rotatable bonds is 6. The van der Waals surface area contributed by atoms with Crippen LogP contribution in [0.15, 0.2) is 29.8 Å². The van der Waals surface area contributed by atoms with Gasteiger partial charge < -0.3 is 14.4 Å². The molecule has 1 aliphatic rings. The summed E-state index contributed by atoms with van der Waals surface area (Å²) in [6.45, 7) is 1.78. The molecule has 0 saturated carbocycles. The minimum atomic E-state index is -0.204. The van der Waals surface area contributed by atoms with Gasteiger partial charge in [0.15, 0.2) is 0 Å². The largest absolute Gasteiger partial charge is 0.497 e. The van der Waals surface area contributed by atoms with Crippen molar-refractivity contribution >= 4 is 22.5 Å². The average molecular weight is 348 g/mol. The molecule has 1 aromatic heterocycles. The van der Waals surface area contributed by atoms with Gasteiger partial charge in [0.05, 0.1) is 13.2 Å². The van der Waals surface area contributed by atoms with Crippen molar-refractivity contribution in [1.82, 2.24) is 15.1 Å². The second-order valence-electron chi connectivity index (χ2n) is 5.54. The summed E-state index contributed by atoms with van der Waals surface area (Å²) in [5, 5.41) is 10.9. The van der Waals surface area contributed by atoms with Crippen LogP contribution in [-0.4, -0.2) is 47.5 Å². The topological polar surface area (TPSA) is 76.6 Å². The molecule has 8 heteroatoms. The van der Waals surface area contributed by atoms with Gasteiger partial charge in [0.2, 0.25) is 5.13 Å². The molecule has 0 spiro atoms. The van der Waals surface area contributed by atoms with Crippen LogP contribution in [0.5, 0.6) is 5.75 Å². The molecule has 0 aliphatic carbocycles. The zero-order chi connectivity index (χ0) is 16.8. The predicted molar refractivity (Wildman–Crippen MR) is 91.3 cm³/mol. The number of nitrogens with one attached hydrogen (secondary N) is 1. The average Bonchev–Trinajstić information content (AvgIpc) is 3.28. The summed E-state index contributed by atoms with van der Waals surface area (Å²) in [7, 11) is 1.63. The van der Waals surface area contributed by atoms with E-state index in [0.717, 1.165) is 30.8 Å². The second kappa shape index (κ2) is 8.07. The number of ether oxygens (including phenoxy) is 2. The molecule has 0 unspecified atom stereocenters. The van der Waals surface area contributed by atoms with E-state index in [1.807, 2.05) is 24.3 Å². The van der Waals surface area contributed by atoms with Crippen LogP contribution in [0, 0.1) is 0 Å². The molecule has 1 aromatic carbocycles. The van der Waals surface area contributed by atoms with Gasteiger partial charge in [0.1, 0.15) is 11.3 Å². The van der Waals surface area contributed by atoms with Crippen LogP contribution in [0.4, 0.5) is 9.93 Å². The summed E-state index contributed by atoms with van der Waals surface area (Å²) in [5.74, 6) is 0.772. The Labute approximate surface area is 144 Å². The number of nitrogens with zero attached hydrogens (tertiary/aromatic N) is 3. The van der Waals surface area contributed by atoms with Crippen molar-refractivity contribution in [2.45, 2.75) is 25.5 Å². The zero-order valence-electron chi connectivity index (χ0n) is 13.5. The van der Waals surface area contributed by atoms with Gasteiger partial charge >= 0.3 is 6.03 Å². The van der Waals surface area contributed by atoms with E-state index in [1.165, 1.54) is 11.3 Å². The van der Waals surface area contributed by atoms with Crippen LogP contribution < -0.4 is 10.1 Å². The van der Waals surface area contributed by atoms with E-state index < -0.39 is 0 Å². The number of carbonyl (C=O) groups is 1. The fourth-order valence-corrected chi connectivity index (χ4v) is 3.08. The monoisotopic (exact) mass is 348 g/mol. The summed E-state index contributed by atoms with van der Waals surface area (Å²) >= 11 is 1.29. The van der Waals surface area contributed by atoms with E-state index in [0.29, 0.717) is 18.2 Å². The highest BCUT2D eigenvalue weighted by atomic mass is 32.1. The smallest absolute Gasteiger partial charge is 0.324 e. The summed E-state index contributed by atoms with van der Waals surface area (Å²) in [6.07, 6.45) is 2.09. The Bertz CT molecular complexity index is 659. The maximum atomic E-state index is 12.6. The van der Waals surface area contributed by atoms with Gasteiger partial charge in [-0.15, -0.1) is 10.2 Å². The first-order valence-electron chi connectivity index (χ1n) is 7.81. The van der Waals surface area contributed by atoms with Crippen LogP contribution >= 0.6 is 11.3 Å². The molecule has 1 N–H and O–H groups in total. The summed E-state index contributed by atoms with van der Waals surface area (Å²) < 4.78 is 10.9. The standard InChI is InChI=1S/C16H20N4O3S/c1-22-13-5-2-4-12(8-13)9-20(10-14-6-3-7-23-14)16(21)18-15-19-17-11-24-15/h2,4-5,8,11,14H,3,6-7,9-10H2,1H3,(H,18,19,21)/t14-/m0/s1. The van der Waals surface area contributed by atoms with Crippen molar-refractivity contribution < 1.29 is 14.3 Å². The first-order chi connectivity index (χ1) is 11.7. The molecule has 2 heterocycles. The molecule has 0 bridgehead atoms. The molecule has 24 heavy (non-hydrogen) atoms. The molecule has 7 nitrogen and oxygen atoms in total. The van der Waals surface area contributed by atoms with Gasteiger partial charge in [-0.25, -0.2) is 4.79 Å². The SMILES string of the molecule is COc1cccc(CN(C[C@@H]2CCCO2)C(=O)Nc2nncs2)c1. The van der Waals surface area contributed by atoms with Gasteiger partial charge in [0.25, 0.3) is 0 Å². The van der Waals surface area contributed by atoms with E-state index in [4.69, 9.17) is 9.47 Å². The Morgan fingerprint density at radius 3 is 3.17 bits per heavy atom. The van der Waals surface area contributed by atoms with E-state index >= 15 is 0 Å². The number of anilines is 1. The molecule has 128 valence electrons. The molecule has 1 aliphatic heterocycles. The fraction of sp³-hybridized carbons (Fsp3) is 0.438. The Morgan fingerprint density at radius 2 is 2.46 bits per heavy atom. The highest BCUT2D eigenvalue weighted by Gasteiger charge is 2.23. The molecule has 1 fully saturated rings. The first-order valence-corrected chi connectivity index (χ1v) is 8.69. The maximum absolute atomic E-state index is 12.6. The number of amides is 2. The summed E-state index contributed by atoms with van der Waals surface area (Å²) in [5.41, 5.74) is 2.59. The van der Waals surface area contributed by atoms with Crippen molar-refractivity contribution in [3.05, 3.63) is 35.3 Å². The minimum absolute atomic E-state index is 0.0794. The molecule has 1 atom stereocenters. The van der Waals surface area contributed by atoms with Crippen LogP contribution in [-0.2, 0) is 11.3 Å². The molecule has 0 radical (unpaired) electrons. The predicted octanol–water partition coefficient (Wildman–Crippen LogP) is 2.76. The number of carbonyl (C=O) groups excluding carboxylic acids is 1. The third-order valence-corrected chi connectivity index (χ3v) is 4.42. The van der Waals surface area contributed by atoms with Gasteiger partial charge in [-0.1, -0.05) is 23.5 Å². The molecular weight excluding hydrogens is 328 g/mol. The number of benzene rings is 1. The van der Waals surface area contributed by atoms with Crippen LogP contribution in [0.3, 0.4) is 0 Å². The van der Waals surface area contributed by atoms with Gasteiger partial charge in [-0.3, -0.25) is 5.32 Å². The van der Waals surface area contributed by atoms with Crippen LogP contribution in [0.25, 0.3) is 0 Å². The third kappa shape index (κ3) is 4.42. The van der Waals surface area contributed by atoms with Crippen molar-refractivity contribution in [3.8, 4) is 5.75 Å². The number of hydrogen-bond donors (Lipinski definition) is 1. The zero-order valence-corrected chi connectivity index (χ0v) is 14.3. The molecular formula is C16H20N4O3S.